The molecule has 0 fully saturated rings. The minimum absolute atomic E-state index is 0.328. The predicted octanol–water partition coefficient (Wildman–Crippen LogP) is 3.28. The van der Waals surface area contributed by atoms with Gasteiger partial charge in [-0.05, 0) is 11.6 Å². The summed E-state index contributed by atoms with van der Waals surface area (Å²) in [7, 11) is 0. The molecule has 0 unspecified atom stereocenters. The first kappa shape index (κ1) is 12.6. The number of para-hydroxylation sites is 1. The number of rotatable bonds is 1. The molecule has 0 amide bonds. The fraction of sp³-hybridized carbons (Fsp3) is 0. The molecule has 0 heterocycles. The van der Waals surface area contributed by atoms with Gasteiger partial charge in [0.15, 0.2) is 0 Å². The Balaban J connectivity index is 0.000000317. The van der Waals surface area contributed by atoms with Gasteiger partial charge >= 0.3 is 6.16 Å². The third-order valence-corrected chi connectivity index (χ3v) is 1.99. The Labute approximate surface area is 98.4 Å². The van der Waals surface area contributed by atoms with Crippen molar-refractivity contribution >= 4 is 6.16 Å². The van der Waals surface area contributed by atoms with E-state index in [4.69, 9.17) is 15.0 Å². The highest BCUT2D eigenvalue weighted by Gasteiger charge is 2.00. The molecule has 0 spiro atoms. The Morgan fingerprint density at radius 3 is 1.82 bits per heavy atom. The largest absolute Gasteiger partial charge is 0.507 e. The number of hydrogen-bond donors (Lipinski definition) is 3. The zero-order valence-electron chi connectivity index (χ0n) is 8.95. The number of carbonyl (C=O) groups is 1. The van der Waals surface area contributed by atoms with Gasteiger partial charge in [0.05, 0.1) is 0 Å². The summed E-state index contributed by atoms with van der Waals surface area (Å²) in [6.45, 7) is 0. The van der Waals surface area contributed by atoms with Crippen molar-refractivity contribution in [1.82, 2.24) is 0 Å². The Bertz CT molecular complexity index is 476. The van der Waals surface area contributed by atoms with Gasteiger partial charge in [0.2, 0.25) is 0 Å². The van der Waals surface area contributed by atoms with Crippen LogP contribution in [0.25, 0.3) is 11.1 Å². The van der Waals surface area contributed by atoms with Crippen molar-refractivity contribution in [3.63, 3.8) is 0 Å². The standard InChI is InChI=1S/C12H10O.CH2O3/c13-12-9-5-4-8-11(12)10-6-2-1-3-7-10;2-1(3)4/h1-9,13H;(H2,2,3,4). The number of phenolic OH excluding ortho intramolecular Hbond substituents is 1. The van der Waals surface area contributed by atoms with Crippen LogP contribution >= 0.6 is 0 Å². The van der Waals surface area contributed by atoms with Gasteiger partial charge in [-0.3, -0.25) is 0 Å². The average molecular weight is 232 g/mol. The summed E-state index contributed by atoms with van der Waals surface area (Å²) in [5.41, 5.74) is 1.92. The number of hydrogen-bond acceptors (Lipinski definition) is 2. The highest BCUT2D eigenvalue weighted by Crippen LogP contribution is 2.27. The molecule has 2 rings (SSSR count). The Hall–Kier alpha value is -2.49. The lowest BCUT2D eigenvalue weighted by Crippen LogP contribution is -1.81. The van der Waals surface area contributed by atoms with Crippen LogP contribution in [0.15, 0.2) is 54.6 Å². The first-order valence-electron chi connectivity index (χ1n) is 4.86. The SMILES string of the molecule is O=C(O)O.Oc1ccccc1-c1ccccc1. The molecule has 4 nitrogen and oxygen atoms in total. The number of benzene rings is 2. The molecule has 88 valence electrons. The van der Waals surface area contributed by atoms with E-state index in [1.165, 1.54) is 0 Å². The van der Waals surface area contributed by atoms with Crippen LogP contribution in [0, 0.1) is 0 Å². The van der Waals surface area contributed by atoms with Crippen LogP contribution in [0.1, 0.15) is 0 Å². The van der Waals surface area contributed by atoms with Crippen molar-refractivity contribution < 1.29 is 20.1 Å². The lowest BCUT2D eigenvalue weighted by Gasteiger charge is -2.02. The molecule has 0 bridgehead atoms. The molecule has 0 atom stereocenters. The van der Waals surface area contributed by atoms with Gasteiger partial charge in [0.1, 0.15) is 5.75 Å². The monoisotopic (exact) mass is 232 g/mol. The second kappa shape index (κ2) is 6.17. The zero-order valence-corrected chi connectivity index (χ0v) is 8.95. The maximum absolute atomic E-state index is 9.56. The third-order valence-electron chi connectivity index (χ3n) is 1.99. The molecule has 0 saturated carbocycles. The van der Waals surface area contributed by atoms with Crippen LogP contribution in [-0.4, -0.2) is 21.5 Å². The predicted molar refractivity (Wildman–Crippen MR) is 64.2 cm³/mol. The lowest BCUT2D eigenvalue weighted by molar-refractivity contribution is 0.137. The van der Waals surface area contributed by atoms with Crippen LogP contribution in [0.2, 0.25) is 0 Å². The number of carboxylic acid groups (broad SMARTS) is 2. The molecule has 0 aromatic heterocycles. The summed E-state index contributed by atoms with van der Waals surface area (Å²) >= 11 is 0. The van der Waals surface area contributed by atoms with Gasteiger partial charge in [-0.1, -0.05) is 48.5 Å². The highest BCUT2D eigenvalue weighted by atomic mass is 16.6. The molecule has 0 aliphatic heterocycles. The van der Waals surface area contributed by atoms with Gasteiger partial charge < -0.3 is 15.3 Å². The zero-order chi connectivity index (χ0) is 12.7. The van der Waals surface area contributed by atoms with Crippen LogP contribution in [0.4, 0.5) is 4.79 Å². The maximum Gasteiger partial charge on any atom is 0.503 e. The molecule has 0 saturated heterocycles. The van der Waals surface area contributed by atoms with Gasteiger partial charge in [-0.2, -0.15) is 0 Å². The van der Waals surface area contributed by atoms with Crippen LogP contribution < -0.4 is 0 Å². The highest BCUT2D eigenvalue weighted by molar-refractivity contribution is 5.69. The normalized spacial score (nSPS) is 8.94. The van der Waals surface area contributed by atoms with Crippen molar-refractivity contribution in [2.45, 2.75) is 0 Å². The quantitative estimate of drug-likeness (QED) is 0.705. The minimum atomic E-state index is -1.83. The molecule has 0 aliphatic rings. The number of phenols is 1. The van der Waals surface area contributed by atoms with Crippen LogP contribution in [0.3, 0.4) is 0 Å². The van der Waals surface area contributed by atoms with Crippen LogP contribution in [0.5, 0.6) is 5.75 Å². The second-order valence-electron chi connectivity index (χ2n) is 3.17. The van der Waals surface area contributed by atoms with E-state index in [9.17, 15) is 5.11 Å². The van der Waals surface area contributed by atoms with E-state index in [1.54, 1.807) is 6.07 Å². The van der Waals surface area contributed by atoms with Crippen molar-refractivity contribution in [3.05, 3.63) is 54.6 Å². The molecule has 17 heavy (non-hydrogen) atoms. The molecular formula is C13H12O4. The molecule has 4 heteroatoms. The third kappa shape index (κ3) is 4.25. The van der Waals surface area contributed by atoms with Crippen molar-refractivity contribution in [3.8, 4) is 16.9 Å². The van der Waals surface area contributed by atoms with E-state index >= 15 is 0 Å². The molecular weight excluding hydrogens is 220 g/mol. The van der Waals surface area contributed by atoms with Gasteiger partial charge in [-0.25, -0.2) is 4.79 Å². The van der Waals surface area contributed by atoms with Crippen molar-refractivity contribution in [1.29, 1.82) is 0 Å². The molecule has 2 aromatic rings. The topological polar surface area (TPSA) is 77.8 Å². The minimum Gasteiger partial charge on any atom is -0.507 e. The Morgan fingerprint density at radius 2 is 1.29 bits per heavy atom. The van der Waals surface area contributed by atoms with Gasteiger partial charge in [0.25, 0.3) is 0 Å². The van der Waals surface area contributed by atoms with Crippen LogP contribution in [-0.2, 0) is 0 Å². The van der Waals surface area contributed by atoms with E-state index < -0.39 is 6.16 Å². The lowest BCUT2D eigenvalue weighted by atomic mass is 10.1. The van der Waals surface area contributed by atoms with E-state index in [0.29, 0.717) is 5.75 Å². The van der Waals surface area contributed by atoms with E-state index in [2.05, 4.69) is 0 Å². The summed E-state index contributed by atoms with van der Waals surface area (Å²) < 4.78 is 0. The Kier molecular flexibility index (Phi) is 4.57. The molecule has 0 aliphatic carbocycles. The number of aromatic hydroxyl groups is 1. The van der Waals surface area contributed by atoms with Gasteiger partial charge in [0, 0.05) is 5.56 Å². The fourth-order valence-electron chi connectivity index (χ4n) is 1.34. The first-order chi connectivity index (χ1) is 8.11. The first-order valence-corrected chi connectivity index (χ1v) is 4.86. The summed E-state index contributed by atoms with van der Waals surface area (Å²) in [5.74, 6) is 0.328. The smallest absolute Gasteiger partial charge is 0.503 e. The van der Waals surface area contributed by atoms with E-state index in [0.717, 1.165) is 11.1 Å². The molecule has 0 radical (unpaired) electrons. The summed E-state index contributed by atoms with van der Waals surface area (Å²) in [6.07, 6.45) is -1.83. The van der Waals surface area contributed by atoms with E-state index in [-0.39, 0.29) is 0 Å². The maximum atomic E-state index is 9.56. The second-order valence-corrected chi connectivity index (χ2v) is 3.17. The van der Waals surface area contributed by atoms with Gasteiger partial charge in [-0.15, -0.1) is 0 Å². The Morgan fingerprint density at radius 1 is 0.824 bits per heavy atom. The summed E-state index contributed by atoms with van der Waals surface area (Å²) in [6, 6.07) is 17.2. The summed E-state index contributed by atoms with van der Waals surface area (Å²) in [4.78, 5) is 8.56. The van der Waals surface area contributed by atoms with Crippen molar-refractivity contribution in [2.75, 3.05) is 0 Å². The fourth-order valence-corrected chi connectivity index (χ4v) is 1.34. The molecule has 3 N–H and O–H groups in total. The van der Waals surface area contributed by atoms with E-state index in [1.807, 2.05) is 48.5 Å². The molecule has 2 aromatic carbocycles. The summed E-state index contributed by atoms with van der Waals surface area (Å²) in [5, 5.41) is 23.5. The van der Waals surface area contributed by atoms with Crippen molar-refractivity contribution in [2.24, 2.45) is 0 Å². The average Bonchev–Trinajstić information content (AvgIpc) is 2.30.